The topological polar surface area (TPSA) is 56.6 Å². The van der Waals surface area contributed by atoms with Gasteiger partial charge in [0.2, 0.25) is 0 Å². The smallest absolute Gasteiger partial charge is 0.128 e. The Kier molecular flexibility index (Phi) is 3.88. The first-order chi connectivity index (χ1) is 7.29. The van der Waals surface area contributed by atoms with Gasteiger partial charge in [0.25, 0.3) is 0 Å². The minimum absolute atomic E-state index is 0.489. The van der Waals surface area contributed by atoms with Gasteiger partial charge in [-0.25, -0.2) is 4.98 Å². The van der Waals surface area contributed by atoms with Crippen molar-refractivity contribution in [2.45, 2.75) is 32.5 Å². The number of pyridine rings is 1. The van der Waals surface area contributed by atoms with Gasteiger partial charge in [-0.15, -0.1) is 0 Å². The first-order valence-corrected chi connectivity index (χ1v) is 5.37. The monoisotopic (exact) mass is 224 g/mol. The van der Waals surface area contributed by atoms with Crippen molar-refractivity contribution in [2.24, 2.45) is 0 Å². The minimum Gasteiger partial charge on any atom is -0.389 e. The van der Waals surface area contributed by atoms with E-state index in [-0.39, 0.29) is 0 Å². The van der Waals surface area contributed by atoms with E-state index in [1.807, 2.05) is 18.0 Å². The summed E-state index contributed by atoms with van der Waals surface area (Å²) in [6, 6.07) is 3.61. The van der Waals surface area contributed by atoms with E-state index in [0.29, 0.717) is 6.54 Å². The highest BCUT2D eigenvalue weighted by atomic mass is 16.3. The summed E-state index contributed by atoms with van der Waals surface area (Å²) in [6.45, 7) is 5.71. The first kappa shape index (κ1) is 12.9. The van der Waals surface area contributed by atoms with E-state index in [0.717, 1.165) is 11.4 Å². The zero-order chi connectivity index (χ0) is 12.3. The molecular weight excluding hydrogens is 204 g/mol. The fourth-order valence-electron chi connectivity index (χ4n) is 1.56. The molecule has 0 aromatic carbocycles. The van der Waals surface area contributed by atoms with E-state index < -0.39 is 11.7 Å². The van der Waals surface area contributed by atoms with E-state index in [2.05, 4.69) is 4.98 Å². The predicted molar refractivity (Wildman–Crippen MR) is 64.4 cm³/mol. The van der Waals surface area contributed by atoms with Gasteiger partial charge in [-0.05, 0) is 38.5 Å². The lowest BCUT2D eigenvalue weighted by molar-refractivity contribution is 0.0884. The molecule has 2 N–H and O–H groups in total. The second kappa shape index (κ2) is 4.80. The van der Waals surface area contributed by atoms with Crippen LogP contribution in [0.3, 0.4) is 0 Å². The highest BCUT2D eigenvalue weighted by Gasteiger charge is 2.17. The number of aliphatic hydroxyl groups excluding tert-OH is 1. The summed E-state index contributed by atoms with van der Waals surface area (Å²) in [4.78, 5) is 6.08. The Labute approximate surface area is 96.6 Å². The number of likely N-dealkylation sites (N-methyl/N-ethyl adjacent to an activating group) is 1. The van der Waals surface area contributed by atoms with Gasteiger partial charge in [0.1, 0.15) is 5.82 Å². The predicted octanol–water partition coefficient (Wildman–Crippen LogP) is 1.34. The van der Waals surface area contributed by atoms with Crippen LogP contribution in [0, 0.1) is 0 Å². The summed E-state index contributed by atoms with van der Waals surface area (Å²) in [6.07, 6.45) is 1.16. The van der Waals surface area contributed by atoms with Crippen molar-refractivity contribution < 1.29 is 10.2 Å². The van der Waals surface area contributed by atoms with Crippen molar-refractivity contribution in [1.82, 2.24) is 4.98 Å². The van der Waals surface area contributed by atoms with E-state index in [1.165, 1.54) is 0 Å². The number of aliphatic hydroxyl groups is 2. The molecule has 0 amide bonds. The lowest BCUT2D eigenvalue weighted by Crippen LogP contribution is -2.36. The van der Waals surface area contributed by atoms with Crippen LogP contribution >= 0.6 is 0 Å². The maximum Gasteiger partial charge on any atom is 0.128 e. The number of rotatable bonds is 4. The van der Waals surface area contributed by atoms with Crippen LogP contribution in [0.1, 0.15) is 32.4 Å². The largest absolute Gasteiger partial charge is 0.389 e. The molecule has 0 saturated carbocycles. The first-order valence-electron chi connectivity index (χ1n) is 5.37. The van der Waals surface area contributed by atoms with Gasteiger partial charge in [0.15, 0.2) is 0 Å². The molecule has 1 rings (SSSR count). The van der Waals surface area contributed by atoms with Gasteiger partial charge in [-0.3, -0.25) is 0 Å². The summed E-state index contributed by atoms with van der Waals surface area (Å²) in [5, 5.41) is 19.2. The fourth-order valence-corrected chi connectivity index (χ4v) is 1.56. The zero-order valence-electron chi connectivity index (χ0n) is 10.3. The summed E-state index contributed by atoms with van der Waals surface area (Å²) >= 11 is 0. The number of anilines is 1. The van der Waals surface area contributed by atoms with Gasteiger partial charge >= 0.3 is 0 Å². The lowest BCUT2D eigenvalue weighted by atomic mass is 10.1. The molecule has 0 aliphatic heterocycles. The molecule has 1 aromatic rings. The number of hydrogen-bond acceptors (Lipinski definition) is 4. The molecule has 4 nitrogen and oxygen atoms in total. The quantitative estimate of drug-likeness (QED) is 0.810. The van der Waals surface area contributed by atoms with Crippen molar-refractivity contribution in [3.05, 3.63) is 23.9 Å². The molecule has 0 unspecified atom stereocenters. The molecule has 0 aliphatic carbocycles. The fraction of sp³-hybridized carbons (Fsp3) is 0.583. The molecule has 1 atom stereocenters. The number of aromatic nitrogens is 1. The van der Waals surface area contributed by atoms with E-state index in [1.54, 1.807) is 33.0 Å². The molecule has 1 aromatic heterocycles. The van der Waals surface area contributed by atoms with Gasteiger partial charge in [0, 0.05) is 19.8 Å². The molecular formula is C12H20N2O2. The van der Waals surface area contributed by atoms with E-state index in [4.69, 9.17) is 0 Å². The third kappa shape index (κ3) is 3.79. The Morgan fingerprint density at radius 2 is 2.12 bits per heavy atom. The van der Waals surface area contributed by atoms with Crippen LogP contribution in [0.15, 0.2) is 18.3 Å². The summed E-state index contributed by atoms with van der Waals surface area (Å²) in [5.74, 6) is 0.750. The maximum atomic E-state index is 9.71. The average Bonchev–Trinajstić information content (AvgIpc) is 2.15. The van der Waals surface area contributed by atoms with Gasteiger partial charge in [-0.1, -0.05) is 0 Å². The second-order valence-corrected chi connectivity index (χ2v) is 4.79. The third-order valence-corrected chi connectivity index (χ3v) is 2.27. The SMILES string of the molecule is C[C@@H](O)c1ccnc(N(C)CC(C)(C)O)c1. The van der Waals surface area contributed by atoms with Gasteiger partial charge < -0.3 is 15.1 Å². The van der Waals surface area contributed by atoms with Crippen molar-refractivity contribution in [2.75, 3.05) is 18.5 Å². The number of nitrogens with zero attached hydrogens (tertiary/aromatic N) is 2. The maximum absolute atomic E-state index is 9.71. The lowest BCUT2D eigenvalue weighted by Gasteiger charge is -2.26. The normalized spacial score (nSPS) is 13.6. The van der Waals surface area contributed by atoms with Crippen molar-refractivity contribution in [3.63, 3.8) is 0 Å². The van der Waals surface area contributed by atoms with Crippen LogP contribution in [-0.4, -0.2) is 34.4 Å². The summed E-state index contributed by atoms with van der Waals surface area (Å²) < 4.78 is 0. The molecule has 0 bridgehead atoms. The highest BCUT2D eigenvalue weighted by molar-refractivity contribution is 5.41. The Hall–Kier alpha value is -1.13. The van der Waals surface area contributed by atoms with Crippen LogP contribution in [0.25, 0.3) is 0 Å². The molecule has 0 fully saturated rings. The Balaban J connectivity index is 2.83. The van der Waals surface area contributed by atoms with Crippen molar-refractivity contribution >= 4 is 5.82 Å². The minimum atomic E-state index is -0.767. The van der Waals surface area contributed by atoms with Gasteiger partial charge in [0.05, 0.1) is 11.7 Å². The van der Waals surface area contributed by atoms with E-state index in [9.17, 15) is 10.2 Å². The van der Waals surface area contributed by atoms with Crippen LogP contribution in [0.2, 0.25) is 0 Å². The van der Waals surface area contributed by atoms with E-state index >= 15 is 0 Å². The summed E-state index contributed by atoms with van der Waals surface area (Å²) in [5.41, 5.74) is 0.0599. The van der Waals surface area contributed by atoms with Crippen molar-refractivity contribution in [3.8, 4) is 0 Å². The molecule has 0 aliphatic rings. The Bertz CT molecular complexity index is 345. The highest BCUT2D eigenvalue weighted by Crippen LogP contribution is 2.18. The molecule has 4 heteroatoms. The zero-order valence-corrected chi connectivity index (χ0v) is 10.3. The molecule has 0 radical (unpaired) electrons. The molecule has 0 spiro atoms. The average molecular weight is 224 g/mol. The van der Waals surface area contributed by atoms with Crippen LogP contribution < -0.4 is 4.90 Å². The van der Waals surface area contributed by atoms with Crippen LogP contribution in [0.4, 0.5) is 5.82 Å². The third-order valence-electron chi connectivity index (χ3n) is 2.27. The van der Waals surface area contributed by atoms with Crippen molar-refractivity contribution in [1.29, 1.82) is 0 Å². The van der Waals surface area contributed by atoms with Gasteiger partial charge in [-0.2, -0.15) is 0 Å². The number of hydrogen-bond donors (Lipinski definition) is 2. The molecule has 0 saturated heterocycles. The standard InChI is InChI=1S/C12H20N2O2/c1-9(15)10-5-6-13-11(7-10)14(4)8-12(2,3)16/h5-7,9,15-16H,8H2,1-4H3/t9-/m1/s1. The van der Waals surface area contributed by atoms with Crippen LogP contribution in [-0.2, 0) is 0 Å². The van der Waals surface area contributed by atoms with Crippen LogP contribution in [0.5, 0.6) is 0 Å². The Morgan fingerprint density at radius 1 is 1.50 bits per heavy atom. The summed E-state index contributed by atoms with van der Waals surface area (Å²) in [7, 11) is 1.87. The molecule has 16 heavy (non-hydrogen) atoms. The second-order valence-electron chi connectivity index (χ2n) is 4.79. The molecule has 1 heterocycles. The Morgan fingerprint density at radius 3 is 2.62 bits per heavy atom. The molecule has 90 valence electrons.